The van der Waals surface area contributed by atoms with Gasteiger partial charge in [-0.05, 0) is 49.2 Å². The average Bonchev–Trinajstić information content (AvgIpc) is 2.83. The number of hydrogen-bond acceptors (Lipinski definition) is 6. The third-order valence-corrected chi connectivity index (χ3v) is 5.70. The topological polar surface area (TPSA) is 92.3 Å². The molecule has 8 heteroatoms. The quantitative estimate of drug-likeness (QED) is 0.656. The second kappa shape index (κ2) is 9.89. The minimum absolute atomic E-state index is 0.102. The van der Waals surface area contributed by atoms with Crippen LogP contribution in [-0.4, -0.2) is 67.6 Å². The van der Waals surface area contributed by atoms with Crippen LogP contribution in [0.15, 0.2) is 48.5 Å². The minimum Gasteiger partial charge on any atom is -0.497 e. The Kier molecular flexibility index (Phi) is 6.79. The van der Waals surface area contributed by atoms with E-state index in [1.165, 1.54) is 0 Å². The molecule has 1 saturated heterocycles. The molecular weight excluding hydrogens is 398 g/mol. The summed E-state index contributed by atoms with van der Waals surface area (Å²) >= 11 is 0. The summed E-state index contributed by atoms with van der Waals surface area (Å²) < 4.78 is 16.7. The van der Waals surface area contributed by atoms with Crippen LogP contribution < -0.4 is 24.8 Å². The third-order valence-electron chi connectivity index (χ3n) is 5.70. The molecule has 1 fully saturated rings. The number of urea groups is 1. The molecule has 8 nitrogen and oxygen atoms in total. The Morgan fingerprint density at radius 1 is 1.16 bits per heavy atom. The summed E-state index contributed by atoms with van der Waals surface area (Å²) in [6.07, 6.45) is 0.573. The number of rotatable bonds is 6. The predicted octanol–water partition coefficient (Wildman–Crippen LogP) is 2.48. The van der Waals surface area contributed by atoms with Crippen molar-refractivity contribution in [1.82, 2.24) is 10.2 Å². The van der Waals surface area contributed by atoms with E-state index in [4.69, 9.17) is 14.2 Å². The number of aliphatic hydroxyl groups is 1. The Bertz CT molecular complexity index is 868. The molecule has 0 aliphatic carbocycles. The zero-order valence-corrected chi connectivity index (χ0v) is 17.6. The summed E-state index contributed by atoms with van der Waals surface area (Å²) in [5.74, 6) is 2.12. The molecule has 2 unspecified atom stereocenters. The van der Waals surface area contributed by atoms with Gasteiger partial charge in [0, 0.05) is 31.4 Å². The number of para-hydroxylation sites is 2. The number of benzene rings is 2. The molecule has 2 aromatic rings. The van der Waals surface area contributed by atoms with Crippen molar-refractivity contribution in [1.29, 1.82) is 0 Å². The maximum Gasteiger partial charge on any atom is 0.321 e. The summed E-state index contributed by atoms with van der Waals surface area (Å²) in [5, 5.41) is 16.8. The van der Waals surface area contributed by atoms with E-state index in [-0.39, 0.29) is 12.1 Å². The van der Waals surface area contributed by atoms with Crippen LogP contribution in [-0.2, 0) is 0 Å². The highest BCUT2D eigenvalue weighted by atomic mass is 16.6. The molecule has 2 aromatic carbocycles. The number of methoxy groups -OCH3 is 1. The van der Waals surface area contributed by atoms with E-state index in [1.807, 2.05) is 53.4 Å². The number of hydrogen-bond donors (Lipinski definition) is 3. The lowest BCUT2D eigenvalue weighted by atomic mass is 10.0. The van der Waals surface area contributed by atoms with Crippen LogP contribution in [0.25, 0.3) is 0 Å². The molecule has 3 N–H and O–H groups in total. The van der Waals surface area contributed by atoms with E-state index >= 15 is 0 Å². The summed E-state index contributed by atoms with van der Waals surface area (Å²) in [5.41, 5.74) is 0.741. The van der Waals surface area contributed by atoms with Crippen molar-refractivity contribution in [3.05, 3.63) is 48.5 Å². The molecule has 0 spiro atoms. The van der Waals surface area contributed by atoms with Crippen LogP contribution in [0.2, 0.25) is 0 Å². The van der Waals surface area contributed by atoms with Gasteiger partial charge in [0.2, 0.25) is 0 Å². The number of piperidine rings is 1. The zero-order valence-electron chi connectivity index (χ0n) is 17.6. The Labute approximate surface area is 182 Å². The van der Waals surface area contributed by atoms with Crippen molar-refractivity contribution in [3.8, 4) is 17.2 Å². The number of nitrogens with one attached hydrogen (secondary N) is 2. The number of ether oxygens (including phenoxy) is 3. The first-order valence-electron chi connectivity index (χ1n) is 10.6. The van der Waals surface area contributed by atoms with Crippen LogP contribution in [0.3, 0.4) is 0 Å². The number of carbonyl (C=O) groups excluding carboxylic acids is 1. The fourth-order valence-electron chi connectivity index (χ4n) is 3.81. The number of amides is 2. The van der Waals surface area contributed by atoms with E-state index in [2.05, 4.69) is 10.6 Å². The monoisotopic (exact) mass is 427 g/mol. The van der Waals surface area contributed by atoms with Crippen molar-refractivity contribution in [2.24, 2.45) is 0 Å². The molecule has 2 aliphatic rings. The smallest absolute Gasteiger partial charge is 0.321 e. The zero-order chi connectivity index (χ0) is 21.6. The highest BCUT2D eigenvalue weighted by Crippen LogP contribution is 2.31. The number of fused-ring (bicyclic) bond motifs is 1. The Hall–Kier alpha value is -2.97. The fourth-order valence-corrected chi connectivity index (χ4v) is 3.81. The van der Waals surface area contributed by atoms with E-state index in [9.17, 15) is 9.90 Å². The van der Waals surface area contributed by atoms with Crippen LogP contribution in [0.1, 0.15) is 12.8 Å². The highest BCUT2D eigenvalue weighted by molar-refractivity contribution is 5.89. The number of aliphatic hydroxyl groups excluding tert-OH is 1. The highest BCUT2D eigenvalue weighted by Gasteiger charge is 2.29. The largest absolute Gasteiger partial charge is 0.497 e. The lowest BCUT2D eigenvalue weighted by Crippen LogP contribution is -2.50. The van der Waals surface area contributed by atoms with E-state index < -0.39 is 12.2 Å². The van der Waals surface area contributed by atoms with Gasteiger partial charge < -0.3 is 34.9 Å². The first kappa shape index (κ1) is 21.3. The first-order chi connectivity index (χ1) is 15.1. The van der Waals surface area contributed by atoms with Gasteiger partial charge in [-0.15, -0.1) is 0 Å². The molecule has 2 atom stereocenters. The molecule has 4 rings (SSSR count). The molecule has 2 amide bonds. The summed E-state index contributed by atoms with van der Waals surface area (Å²) in [6, 6.07) is 14.9. The standard InChI is InChI=1S/C23H29N3O5/c1-29-18-8-6-17(7-9-18)25-23(28)26-12-10-16(11-13-26)24-14-19(27)22-15-30-20-4-2-3-5-21(20)31-22/h2-9,16,19,22,24,27H,10-15H2,1H3,(H,25,28). The summed E-state index contributed by atoms with van der Waals surface area (Å²) in [6.45, 7) is 2.06. The van der Waals surface area contributed by atoms with Gasteiger partial charge in [0.15, 0.2) is 17.6 Å². The number of anilines is 1. The second-order valence-corrected chi connectivity index (χ2v) is 7.81. The number of likely N-dealkylation sites (tertiary alicyclic amines) is 1. The van der Waals surface area contributed by atoms with Crippen LogP contribution in [0.4, 0.5) is 10.5 Å². The van der Waals surface area contributed by atoms with Crippen molar-refractivity contribution in [3.63, 3.8) is 0 Å². The predicted molar refractivity (Wildman–Crippen MR) is 117 cm³/mol. The maximum absolute atomic E-state index is 12.5. The Morgan fingerprint density at radius 2 is 1.87 bits per heavy atom. The molecule has 31 heavy (non-hydrogen) atoms. The van der Waals surface area contributed by atoms with Crippen LogP contribution in [0.5, 0.6) is 17.2 Å². The van der Waals surface area contributed by atoms with E-state index in [0.29, 0.717) is 37.7 Å². The number of carbonyl (C=O) groups is 1. The van der Waals surface area contributed by atoms with Gasteiger partial charge in [0.25, 0.3) is 0 Å². The van der Waals surface area contributed by atoms with Gasteiger partial charge in [0.05, 0.1) is 7.11 Å². The summed E-state index contributed by atoms with van der Waals surface area (Å²) in [4.78, 5) is 14.3. The molecule has 2 heterocycles. The van der Waals surface area contributed by atoms with Gasteiger partial charge >= 0.3 is 6.03 Å². The third kappa shape index (κ3) is 5.39. The molecule has 0 saturated carbocycles. The molecule has 2 aliphatic heterocycles. The molecule has 0 radical (unpaired) electrons. The first-order valence-corrected chi connectivity index (χ1v) is 10.6. The van der Waals surface area contributed by atoms with Crippen molar-refractivity contribution < 1.29 is 24.1 Å². The molecule has 0 aromatic heterocycles. The SMILES string of the molecule is COc1ccc(NC(=O)N2CCC(NCC(O)C3COc4ccccc4O3)CC2)cc1. The van der Waals surface area contributed by atoms with Gasteiger partial charge in [-0.2, -0.15) is 0 Å². The normalized spacial score (nSPS) is 19.5. The summed E-state index contributed by atoms with van der Waals surface area (Å²) in [7, 11) is 1.61. The van der Waals surface area contributed by atoms with Gasteiger partial charge in [-0.3, -0.25) is 0 Å². The average molecular weight is 428 g/mol. The molecular formula is C23H29N3O5. The van der Waals surface area contributed by atoms with Gasteiger partial charge in [-0.1, -0.05) is 12.1 Å². The van der Waals surface area contributed by atoms with E-state index in [1.54, 1.807) is 7.11 Å². The fraction of sp³-hybridized carbons (Fsp3) is 0.435. The number of nitrogens with zero attached hydrogens (tertiary/aromatic N) is 1. The minimum atomic E-state index is -0.676. The maximum atomic E-state index is 12.5. The van der Waals surface area contributed by atoms with Crippen LogP contribution >= 0.6 is 0 Å². The van der Waals surface area contributed by atoms with Gasteiger partial charge in [0.1, 0.15) is 18.5 Å². The Morgan fingerprint density at radius 3 is 2.58 bits per heavy atom. The molecule has 0 bridgehead atoms. The van der Waals surface area contributed by atoms with Crippen LogP contribution in [0, 0.1) is 0 Å². The lowest BCUT2D eigenvalue weighted by molar-refractivity contribution is -0.0108. The van der Waals surface area contributed by atoms with Crippen molar-refractivity contribution in [2.45, 2.75) is 31.1 Å². The van der Waals surface area contributed by atoms with Gasteiger partial charge in [-0.25, -0.2) is 4.79 Å². The van der Waals surface area contributed by atoms with Crippen molar-refractivity contribution >= 4 is 11.7 Å². The van der Waals surface area contributed by atoms with E-state index in [0.717, 1.165) is 24.3 Å². The molecule has 166 valence electrons. The second-order valence-electron chi connectivity index (χ2n) is 7.81. The van der Waals surface area contributed by atoms with Crippen molar-refractivity contribution in [2.75, 3.05) is 38.7 Å². The Balaban J connectivity index is 1.18. The lowest BCUT2D eigenvalue weighted by Gasteiger charge is -2.34.